The average molecular weight is 515 g/mol. The Hall–Kier alpha value is -2.65. The van der Waals surface area contributed by atoms with Crippen LogP contribution in [0.4, 0.5) is 4.39 Å². The number of hydrogen-bond donors (Lipinski definition) is 2. The van der Waals surface area contributed by atoms with Gasteiger partial charge in [0.2, 0.25) is 0 Å². The van der Waals surface area contributed by atoms with Crippen LogP contribution in [-0.4, -0.2) is 63.7 Å². The summed E-state index contributed by atoms with van der Waals surface area (Å²) in [5.41, 5.74) is 2.48. The Labute approximate surface area is 215 Å². The Bertz CT molecular complexity index is 1160. The van der Waals surface area contributed by atoms with Gasteiger partial charge in [-0.25, -0.2) is 4.39 Å². The number of carboxylic acids is 1. The molecule has 36 heavy (non-hydrogen) atoms. The van der Waals surface area contributed by atoms with Crippen molar-refractivity contribution < 1.29 is 19.0 Å². The Balaban J connectivity index is 1.36. The van der Waals surface area contributed by atoms with Gasteiger partial charge in [0.05, 0.1) is 18.8 Å². The molecule has 2 N–H and O–H groups in total. The van der Waals surface area contributed by atoms with Gasteiger partial charge in [0, 0.05) is 47.4 Å². The molecule has 1 aromatic carbocycles. The van der Waals surface area contributed by atoms with Crippen molar-refractivity contribution in [2.45, 2.75) is 50.1 Å². The van der Waals surface area contributed by atoms with E-state index < -0.39 is 12.1 Å². The lowest BCUT2D eigenvalue weighted by molar-refractivity contribution is -0.137. The smallest absolute Gasteiger partial charge is 0.303 e. The molecule has 3 aromatic rings. The molecular formula is C27H35FN4O3S. The van der Waals surface area contributed by atoms with Gasteiger partial charge in [-0.15, -0.1) is 11.8 Å². The molecule has 4 rings (SSSR count). The van der Waals surface area contributed by atoms with Crippen molar-refractivity contribution in [2.75, 3.05) is 32.5 Å². The highest BCUT2D eigenvalue weighted by Crippen LogP contribution is 2.36. The standard InChI is InChI=1S/C27H35FN4O3S/c1-18-26(16-30-31-18)36-14-13-32-12-10-19(20(17-32)4-8-27(33)34)3-6-24(28)22-9-11-29-25-7-5-21(35-2)15-23(22)25/h5,7,9,11,15-16,19-20,24H,3-4,6,8,10,12-14,17H2,1-2H3,(H,30,31)(H,33,34)/t19-,20+,24?/m1/s1. The van der Waals surface area contributed by atoms with E-state index in [0.29, 0.717) is 30.1 Å². The van der Waals surface area contributed by atoms with Gasteiger partial charge >= 0.3 is 5.97 Å². The number of piperidine rings is 1. The van der Waals surface area contributed by atoms with Gasteiger partial charge < -0.3 is 14.7 Å². The number of nitrogens with zero attached hydrogens (tertiary/aromatic N) is 3. The highest BCUT2D eigenvalue weighted by atomic mass is 32.2. The normalized spacial score (nSPS) is 19.4. The minimum absolute atomic E-state index is 0.159. The summed E-state index contributed by atoms with van der Waals surface area (Å²) in [5.74, 6) is 1.47. The Kier molecular flexibility index (Phi) is 9.20. The van der Waals surface area contributed by atoms with Gasteiger partial charge in [0.25, 0.3) is 0 Å². The second-order valence-electron chi connectivity index (χ2n) is 9.58. The SMILES string of the molecule is COc1ccc2nccc(C(F)CC[C@@H]3CCN(CCSc4cn[nH]c4C)C[C@@H]3CCC(=O)O)c2c1. The molecule has 0 spiro atoms. The number of benzene rings is 1. The van der Waals surface area contributed by atoms with Gasteiger partial charge in [-0.1, -0.05) is 0 Å². The third-order valence-electron chi connectivity index (χ3n) is 7.26. The van der Waals surface area contributed by atoms with E-state index in [0.717, 1.165) is 54.8 Å². The van der Waals surface area contributed by atoms with Crippen molar-refractivity contribution >= 4 is 28.6 Å². The van der Waals surface area contributed by atoms with Crippen LogP contribution in [0.3, 0.4) is 0 Å². The molecule has 194 valence electrons. The number of fused-ring (bicyclic) bond motifs is 1. The molecule has 0 aliphatic carbocycles. The molecule has 1 unspecified atom stereocenters. The monoisotopic (exact) mass is 514 g/mol. The minimum atomic E-state index is -1.10. The molecule has 1 fully saturated rings. The van der Waals surface area contributed by atoms with Crippen molar-refractivity contribution in [3.05, 3.63) is 47.9 Å². The van der Waals surface area contributed by atoms with E-state index in [1.807, 2.05) is 31.3 Å². The second kappa shape index (κ2) is 12.5. The Morgan fingerprint density at radius 1 is 1.33 bits per heavy atom. The maximum Gasteiger partial charge on any atom is 0.303 e. The summed E-state index contributed by atoms with van der Waals surface area (Å²) >= 11 is 1.79. The number of nitrogens with one attached hydrogen (secondary N) is 1. The van der Waals surface area contributed by atoms with Gasteiger partial charge in [0.1, 0.15) is 11.9 Å². The first-order valence-electron chi connectivity index (χ1n) is 12.6. The number of H-pyrrole nitrogens is 1. The number of thioether (sulfide) groups is 1. The molecule has 0 saturated carbocycles. The Morgan fingerprint density at radius 2 is 2.19 bits per heavy atom. The predicted molar refractivity (Wildman–Crippen MR) is 140 cm³/mol. The summed E-state index contributed by atoms with van der Waals surface area (Å²) < 4.78 is 20.9. The summed E-state index contributed by atoms with van der Waals surface area (Å²) in [7, 11) is 1.60. The van der Waals surface area contributed by atoms with E-state index >= 15 is 4.39 Å². The van der Waals surface area contributed by atoms with Crippen LogP contribution in [0.15, 0.2) is 41.6 Å². The molecule has 0 radical (unpaired) electrons. The molecule has 3 heterocycles. The topological polar surface area (TPSA) is 91.3 Å². The van der Waals surface area contributed by atoms with Crippen LogP contribution < -0.4 is 4.74 Å². The number of pyridine rings is 1. The zero-order valence-corrected chi connectivity index (χ0v) is 21.8. The van der Waals surface area contributed by atoms with E-state index in [2.05, 4.69) is 20.1 Å². The lowest BCUT2D eigenvalue weighted by Crippen LogP contribution is -2.41. The largest absolute Gasteiger partial charge is 0.497 e. The van der Waals surface area contributed by atoms with E-state index in [4.69, 9.17) is 4.74 Å². The van der Waals surface area contributed by atoms with Crippen molar-refractivity contribution in [3.63, 3.8) is 0 Å². The van der Waals surface area contributed by atoms with Gasteiger partial charge in [-0.2, -0.15) is 5.10 Å². The number of hydrogen-bond acceptors (Lipinski definition) is 6. The molecule has 1 aliphatic heterocycles. The van der Waals surface area contributed by atoms with Crippen LogP contribution in [0.25, 0.3) is 10.9 Å². The number of alkyl halides is 1. The fourth-order valence-corrected chi connectivity index (χ4v) is 6.17. The summed E-state index contributed by atoms with van der Waals surface area (Å²) in [4.78, 5) is 19.3. The van der Waals surface area contributed by atoms with Crippen LogP contribution >= 0.6 is 11.8 Å². The maximum absolute atomic E-state index is 15.5. The molecular weight excluding hydrogens is 479 g/mol. The van der Waals surface area contributed by atoms with Crippen molar-refractivity contribution in [2.24, 2.45) is 11.8 Å². The Morgan fingerprint density at radius 3 is 2.94 bits per heavy atom. The quantitative estimate of drug-likeness (QED) is 0.301. The number of aliphatic carboxylic acids is 1. The summed E-state index contributed by atoms with van der Waals surface area (Å²) in [5, 5.41) is 17.1. The molecule has 0 bridgehead atoms. The zero-order valence-electron chi connectivity index (χ0n) is 21.0. The van der Waals surface area contributed by atoms with Crippen molar-refractivity contribution in [1.82, 2.24) is 20.1 Å². The lowest BCUT2D eigenvalue weighted by atomic mass is 9.79. The molecule has 1 saturated heterocycles. The van der Waals surface area contributed by atoms with Crippen LogP contribution in [0, 0.1) is 18.8 Å². The number of halogens is 1. The third kappa shape index (κ3) is 6.76. The van der Waals surface area contributed by atoms with Gasteiger partial charge in [-0.05, 0) is 80.8 Å². The summed E-state index contributed by atoms with van der Waals surface area (Å²) in [6, 6.07) is 7.30. The highest BCUT2D eigenvalue weighted by molar-refractivity contribution is 7.99. The molecule has 1 aliphatic rings. The maximum atomic E-state index is 15.5. The van der Waals surface area contributed by atoms with Gasteiger partial charge in [0.15, 0.2) is 0 Å². The van der Waals surface area contributed by atoms with Crippen LogP contribution in [0.1, 0.15) is 49.5 Å². The van der Waals surface area contributed by atoms with E-state index in [1.165, 1.54) is 4.90 Å². The fraction of sp³-hybridized carbons (Fsp3) is 0.519. The molecule has 7 nitrogen and oxygen atoms in total. The van der Waals surface area contributed by atoms with Crippen LogP contribution in [0.5, 0.6) is 5.75 Å². The second-order valence-corrected chi connectivity index (χ2v) is 10.7. The van der Waals surface area contributed by atoms with Crippen molar-refractivity contribution in [1.29, 1.82) is 0 Å². The van der Waals surface area contributed by atoms with Gasteiger partial charge in [-0.3, -0.25) is 14.9 Å². The number of ether oxygens (including phenoxy) is 1. The fourth-order valence-electron chi connectivity index (χ4n) is 5.21. The number of aromatic nitrogens is 3. The number of aryl methyl sites for hydroxylation is 1. The number of rotatable bonds is 12. The number of methoxy groups -OCH3 is 1. The average Bonchev–Trinajstić information content (AvgIpc) is 3.30. The first-order chi connectivity index (χ1) is 17.4. The number of likely N-dealkylation sites (tertiary alicyclic amines) is 1. The van der Waals surface area contributed by atoms with E-state index in [-0.39, 0.29) is 12.3 Å². The third-order valence-corrected chi connectivity index (χ3v) is 8.37. The van der Waals surface area contributed by atoms with Crippen LogP contribution in [-0.2, 0) is 4.79 Å². The first-order valence-corrected chi connectivity index (χ1v) is 13.6. The van der Waals surface area contributed by atoms with Crippen LogP contribution in [0.2, 0.25) is 0 Å². The minimum Gasteiger partial charge on any atom is -0.497 e. The first kappa shape index (κ1) is 26.4. The summed E-state index contributed by atoms with van der Waals surface area (Å²) in [6.45, 7) is 4.80. The molecule has 3 atom stereocenters. The number of carbonyl (C=O) groups is 1. The number of aromatic amines is 1. The number of carboxylic acid groups (broad SMARTS) is 1. The molecule has 0 amide bonds. The lowest BCUT2D eigenvalue weighted by Gasteiger charge is -2.39. The van der Waals surface area contributed by atoms with E-state index in [1.54, 1.807) is 31.1 Å². The predicted octanol–water partition coefficient (Wildman–Crippen LogP) is 5.66. The summed E-state index contributed by atoms with van der Waals surface area (Å²) in [6.07, 6.45) is 5.34. The van der Waals surface area contributed by atoms with Crippen molar-refractivity contribution in [3.8, 4) is 5.75 Å². The van der Waals surface area contributed by atoms with E-state index in [9.17, 15) is 9.90 Å². The highest BCUT2D eigenvalue weighted by Gasteiger charge is 2.30. The molecule has 9 heteroatoms. The zero-order chi connectivity index (χ0) is 25.5. The molecule has 2 aromatic heterocycles.